The van der Waals surface area contributed by atoms with Crippen molar-refractivity contribution < 1.29 is 13.2 Å². The number of aliphatic imine (C=N–C) groups is 1. The van der Waals surface area contributed by atoms with E-state index in [4.69, 9.17) is 0 Å². The number of carbonyl (C=O) groups is 1. The van der Waals surface area contributed by atoms with Gasteiger partial charge in [-0.05, 0) is 19.8 Å². The predicted molar refractivity (Wildman–Crippen MR) is 72.7 cm³/mol. The summed E-state index contributed by atoms with van der Waals surface area (Å²) >= 11 is 0. The molecule has 2 amide bonds. The number of urea groups is 1. The number of rotatable bonds is 2. The maximum absolute atomic E-state index is 12.0. The molecule has 0 radical (unpaired) electrons. The van der Waals surface area contributed by atoms with Crippen LogP contribution in [0.3, 0.4) is 0 Å². The lowest BCUT2D eigenvalue weighted by Gasteiger charge is -2.31. The summed E-state index contributed by atoms with van der Waals surface area (Å²) in [5, 5.41) is 2.95. The number of amidine groups is 1. The topological polar surface area (TPSA) is 82.1 Å². The monoisotopic (exact) mass is 288 g/mol. The van der Waals surface area contributed by atoms with Crippen LogP contribution in [0.5, 0.6) is 0 Å². The summed E-state index contributed by atoms with van der Waals surface area (Å²) in [6.07, 6.45) is 2.53. The van der Waals surface area contributed by atoms with Crippen molar-refractivity contribution in [2.45, 2.75) is 25.8 Å². The molecule has 108 valence electrons. The van der Waals surface area contributed by atoms with Crippen molar-refractivity contribution in [3.8, 4) is 0 Å². The minimum atomic E-state index is -3.11. The zero-order valence-corrected chi connectivity index (χ0v) is 12.1. The van der Waals surface area contributed by atoms with E-state index >= 15 is 0 Å². The average molecular weight is 288 g/mol. The second kappa shape index (κ2) is 5.46. The highest BCUT2D eigenvalue weighted by atomic mass is 32.2. The van der Waals surface area contributed by atoms with E-state index in [0.29, 0.717) is 39.0 Å². The molecular weight excluding hydrogens is 268 g/mol. The van der Waals surface area contributed by atoms with Crippen molar-refractivity contribution in [3.05, 3.63) is 0 Å². The van der Waals surface area contributed by atoms with Crippen LogP contribution >= 0.6 is 0 Å². The van der Waals surface area contributed by atoms with E-state index in [-0.39, 0.29) is 12.1 Å². The Morgan fingerprint density at radius 2 is 1.95 bits per heavy atom. The zero-order chi connectivity index (χ0) is 14.0. The van der Waals surface area contributed by atoms with Gasteiger partial charge in [0.1, 0.15) is 5.84 Å². The van der Waals surface area contributed by atoms with Gasteiger partial charge in [-0.2, -0.15) is 0 Å². The van der Waals surface area contributed by atoms with E-state index in [1.54, 1.807) is 4.90 Å². The Morgan fingerprint density at radius 3 is 2.42 bits per heavy atom. The number of sulfonamides is 1. The molecule has 2 aliphatic rings. The normalized spacial score (nSPS) is 22.4. The number of nitrogens with zero attached hydrogens (tertiary/aromatic N) is 3. The molecule has 1 saturated heterocycles. The highest BCUT2D eigenvalue weighted by molar-refractivity contribution is 7.88. The molecule has 0 aliphatic carbocycles. The van der Waals surface area contributed by atoms with Crippen LogP contribution in [0.2, 0.25) is 0 Å². The van der Waals surface area contributed by atoms with Gasteiger partial charge in [0.25, 0.3) is 0 Å². The first kappa shape index (κ1) is 14.3. The van der Waals surface area contributed by atoms with Gasteiger partial charge in [0.05, 0.1) is 12.8 Å². The highest BCUT2D eigenvalue weighted by Gasteiger charge is 2.28. The smallest absolute Gasteiger partial charge is 0.323 e. The van der Waals surface area contributed by atoms with Crippen LogP contribution in [-0.4, -0.2) is 68.0 Å². The molecule has 1 N–H and O–H groups in total. The van der Waals surface area contributed by atoms with Gasteiger partial charge < -0.3 is 5.32 Å². The summed E-state index contributed by atoms with van der Waals surface area (Å²) in [4.78, 5) is 17.8. The fraction of sp³-hybridized carbons (Fsp3) is 0.818. The second-order valence-corrected chi connectivity index (χ2v) is 6.95. The minimum Gasteiger partial charge on any atom is -0.335 e. The van der Waals surface area contributed by atoms with Crippen molar-refractivity contribution >= 4 is 21.9 Å². The van der Waals surface area contributed by atoms with E-state index < -0.39 is 10.0 Å². The number of piperidine rings is 1. The van der Waals surface area contributed by atoms with Gasteiger partial charge in [-0.25, -0.2) is 17.5 Å². The molecule has 19 heavy (non-hydrogen) atoms. The molecule has 0 spiro atoms. The molecule has 0 aromatic rings. The predicted octanol–water partition coefficient (Wildman–Crippen LogP) is -0.146. The molecule has 7 nitrogen and oxygen atoms in total. The third-order valence-electron chi connectivity index (χ3n) is 3.55. The number of nitrogens with one attached hydrogen (secondary N) is 1. The third-order valence-corrected chi connectivity index (χ3v) is 4.85. The maximum Gasteiger partial charge on any atom is 0.323 e. The molecule has 1 fully saturated rings. The molecule has 0 saturated carbocycles. The van der Waals surface area contributed by atoms with Crippen LogP contribution in [0.15, 0.2) is 4.99 Å². The van der Waals surface area contributed by atoms with E-state index in [1.807, 2.05) is 6.92 Å². The fourth-order valence-electron chi connectivity index (χ4n) is 2.39. The van der Waals surface area contributed by atoms with Crippen LogP contribution in [0.1, 0.15) is 19.8 Å². The van der Waals surface area contributed by atoms with Gasteiger partial charge >= 0.3 is 6.03 Å². The molecule has 0 unspecified atom stereocenters. The summed E-state index contributed by atoms with van der Waals surface area (Å²) < 4.78 is 24.2. The summed E-state index contributed by atoms with van der Waals surface area (Å²) in [6.45, 7) is 4.04. The first-order valence-corrected chi connectivity index (χ1v) is 8.27. The number of hydrogen-bond acceptors (Lipinski definition) is 4. The summed E-state index contributed by atoms with van der Waals surface area (Å²) in [5.41, 5.74) is 0. The lowest BCUT2D eigenvalue weighted by molar-refractivity contribution is 0.211. The fourth-order valence-corrected chi connectivity index (χ4v) is 3.27. The average Bonchev–Trinajstić information content (AvgIpc) is 2.75. The number of carbonyl (C=O) groups excluding carboxylic acids is 1. The maximum atomic E-state index is 12.0. The lowest BCUT2D eigenvalue weighted by atomic mass is 10.1. The lowest BCUT2D eigenvalue weighted by Crippen LogP contribution is -2.50. The van der Waals surface area contributed by atoms with Gasteiger partial charge in [0, 0.05) is 25.7 Å². The molecule has 0 atom stereocenters. The van der Waals surface area contributed by atoms with Gasteiger partial charge in [-0.1, -0.05) is 0 Å². The second-order valence-electron chi connectivity index (χ2n) is 4.97. The highest BCUT2D eigenvalue weighted by Crippen LogP contribution is 2.14. The Balaban J connectivity index is 1.83. The number of amides is 2. The van der Waals surface area contributed by atoms with Crippen molar-refractivity contribution in [1.29, 1.82) is 0 Å². The molecule has 0 bridgehead atoms. The molecule has 0 aromatic carbocycles. The minimum absolute atomic E-state index is 0.0406. The van der Waals surface area contributed by atoms with Gasteiger partial charge in [-0.3, -0.25) is 9.89 Å². The van der Waals surface area contributed by atoms with Crippen LogP contribution in [0.4, 0.5) is 4.79 Å². The molecule has 0 aromatic heterocycles. The molecular formula is C11H20N4O3S. The zero-order valence-electron chi connectivity index (χ0n) is 11.3. The Kier molecular flexibility index (Phi) is 4.10. The van der Waals surface area contributed by atoms with Crippen molar-refractivity contribution in [1.82, 2.24) is 14.5 Å². The van der Waals surface area contributed by atoms with E-state index in [1.165, 1.54) is 10.6 Å². The summed E-state index contributed by atoms with van der Waals surface area (Å²) in [5.74, 6) is 0.742. The molecule has 2 heterocycles. The largest absolute Gasteiger partial charge is 0.335 e. The van der Waals surface area contributed by atoms with Crippen LogP contribution < -0.4 is 5.32 Å². The summed E-state index contributed by atoms with van der Waals surface area (Å²) in [6, 6.07) is -0.0875. The van der Waals surface area contributed by atoms with Crippen molar-refractivity contribution in [3.63, 3.8) is 0 Å². The third kappa shape index (κ3) is 3.44. The standard InChI is InChI=1S/C11H20N4O3S/c1-9-12-5-8-15(9)11(16)13-10-3-6-14(7-4-10)19(2,17)18/h10H,3-8H2,1-2H3,(H,13,16). The van der Waals surface area contributed by atoms with Gasteiger partial charge in [0.2, 0.25) is 10.0 Å². The Morgan fingerprint density at radius 1 is 1.32 bits per heavy atom. The van der Waals surface area contributed by atoms with Crippen LogP contribution in [0, 0.1) is 0 Å². The SMILES string of the molecule is CC1=NCCN1C(=O)NC1CCN(S(C)(=O)=O)CC1. The first-order chi connectivity index (χ1) is 8.88. The van der Waals surface area contributed by atoms with Gasteiger partial charge in [-0.15, -0.1) is 0 Å². The molecule has 2 aliphatic heterocycles. The summed E-state index contributed by atoms with van der Waals surface area (Å²) in [7, 11) is -3.11. The Bertz CT molecular complexity index is 480. The van der Waals surface area contributed by atoms with Gasteiger partial charge in [0.15, 0.2) is 0 Å². The van der Waals surface area contributed by atoms with E-state index in [9.17, 15) is 13.2 Å². The Labute approximate surface area is 113 Å². The molecule has 2 rings (SSSR count). The quantitative estimate of drug-likeness (QED) is 0.767. The first-order valence-electron chi connectivity index (χ1n) is 6.42. The van der Waals surface area contributed by atoms with Crippen molar-refractivity contribution in [2.75, 3.05) is 32.4 Å². The number of hydrogen-bond donors (Lipinski definition) is 1. The van der Waals surface area contributed by atoms with E-state index in [2.05, 4.69) is 10.3 Å². The molecule has 8 heteroatoms. The Hall–Kier alpha value is -1.15. The van der Waals surface area contributed by atoms with Crippen LogP contribution in [0.25, 0.3) is 0 Å². The van der Waals surface area contributed by atoms with Crippen molar-refractivity contribution in [2.24, 2.45) is 4.99 Å². The van der Waals surface area contributed by atoms with E-state index in [0.717, 1.165) is 5.84 Å². The van der Waals surface area contributed by atoms with Crippen LogP contribution in [-0.2, 0) is 10.0 Å².